The van der Waals surface area contributed by atoms with Gasteiger partial charge in [0.1, 0.15) is 0 Å². The van der Waals surface area contributed by atoms with Crippen LogP contribution in [0, 0.1) is 5.82 Å². The van der Waals surface area contributed by atoms with Crippen LogP contribution in [0.3, 0.4) is 0 Å². The van der Waals surface area contributed by atoms with Crippen molar-refractivity contribution in [3.63, 3.8) is 0 Å². The third-order valence-electron chi connectivity index (χ3n) is 2.62. The number of nitrogens with zero attached hydrogens (tertiary/aromatic N) is 3. The first-order valence-electron chi connectivity index (χ1n) is 6.19. The van der Waals surface area contributed by atoms with Gasteiger partial charge in [0.15, 0.2) is 11.6 Å². The summed E-state index contributed by atoms with van der Waals surface area (Å²) in [5.41, 5.74) is 0.962. The van der Waals surface area contributed by atoms with Gasteiger partial charge in [-0.2, -0.15) is 4.98 Å². The SMILES string of the molecule is CCCNc1ncc(F)c(N(C)Cc2ccoc2)n1. The van der Waals surface area contributed by atoms with Crippen molar-refractivity contribution in [1.82, 2.24) is 9.97 Å². The molecule has 0 bridgehead atoms. The zero-order valence-electron chi connectivity index (χ0n) is 11.1. The molecule has 2 heterocycles. The van der Waals surface area contributed by atoms with E-state index in [4.69, 9.17) is 4.42 Å². The topological polar surface area (TPSA) is 54.2 Å². The fraction of sp³-hybridized carbons (Fsp3) is 0.385. The van der Waals surface area contributed by atoms with Crippen molar-refractivity contribution in [2.24, 2.45) is 0 Å². The average Bonchev–Trinajstić information content (AvgIpc) is 2.90. The van der Waals surface area contributed by atoms with Crippen LogP contribution in [-0.4, -0.2) is 23.6 Å². The molecule has 102 valence electrons. The van der Waals surface area contributed by atoms with Gasteiger partial charge in [-0.3, -0.25) is 0 Å². The number of anilines is 2. The lowest BCUT2D eigenvalue weighted by Crippen LogP contribution is -2.20. The van der Waals surface area contributed by atoms with Crippen LogP contribution in [0.1, 0.15) is 18.9 Å². The standard InChI is InChI=1S/C13H17FN4O/c1-3-5-15-13-16-7-11(14)12(17-13)18(2)8-10-4-6-19-9-10/h4,6-7,9H,3,5,8H2,1-2H3,(H,15,16,17). The summed E-state index contributed by atoms with van der Waals surface area (Å²) in [4.78, 5) is 9.82. The molecule has 6 heteroatoms. The summed E-state index contributed by atoms with van der Waals surface area (Å²) >= 11 is 0. The fourth-order valence-corrected chi connectivity index (χ4v) is 1.68. The minimum absolute atomic E-state index is 0.273. The average molecular weight is 264 g/mol. The van der Waals surface area contributed by atoms with E-state index in [1.807, 2.05) is 13.0 Å². The molecule has 2 aromatic rings. The lowest BCUT2D eigenvalue weighted by atomic mass is 10.3. The predicted molar refractivity (Wildman–Crippen MR) is 71.6 cm³/mol. The van der Waals surface area contributed by atoms with Gasteiger partial charge in [0.05, 0.1) is 18.7 Å². The quantitative estimate of drug-likeness (QED) is 0.869. The molecule has 0 spiro atoms. The molecule has 0 aliphatic carbocycles. The van der Waals surface area contributed by atoms with E-state index in [1.165, 1.54) is 6.20 Å². The monoisotopic (exact) mass is 264 g/mol. The third-order valence-corrected chi connectivity index (χ3v) is 2.62. The van der Waals surface area contributed by atoms with Crippen LogP contribution in [0.4, 0.5) is 16.2 Å². The van der Waals surface area contributed by atoms with Crippen molar-refractivity contribution in [2.75, 3.05) is 23.8 Å². The number of hydrogen-bond acceptors (Lipinski definition) is 5. The highest BCUT2D eigenvalue weighted by atomic mass is 19.1. The Bertz CT molecular complexity index is 515. The molecule has 0 amide bonds. The number of hydrogen-bond donors (Lipinski definition) is 1. The molecule has 5 nitrogen and oxygen atoms in total. The summed E-state index contributed by atoms with van der Waals surface area (Å²) in [5.74, 6) is 0.278. The molecule has 0 aromatic carbocycles. The number of rotatable bonds is 6. The Labute approximate surface area is 111 Å². The van der Waals surface area contributed by atoms with Gasteiger partial charge >= 0.3 is 0 Å². The van der Waals surface area contributed by atoms with Gasteiger partial charge in [0.25, 0.3) is 0 Å². The van der Waals surface area contributed by atoms with E-state index < -0.39 is 5.82 Å². The van der Waals surface area contributed by atoms with Crippen LogP contribution in [0.25, 0.3) is 0 Å². The second kappa shape index (κ2) is 6.17. The van der Waals surface area contributed by atoms with Gasteiger partial charge in [0, 0.05) is 25.7 Å². The van der Waals surface area contributed by atoms with Gasteiger partial charge in [-0.05, 0) is 12.5 Å². The summed E-state index contributed by atoms with van der Waals surface area (Å²) in [7, 11) is 1.78. The number of halogens is 1. The van der Waals surface area contributed by atoms with Crippen LogP contribution in [0.5, 0.6) is 0 Å². The minimum Gasteiger partial charge on any atom is -0.472 e. The summed E-state index contributed by atoms with van der Waals surface area (Å²) in [6.45, 7) is 3.33. The molecule has 0 saturated carbocycles. The van der Waals surface area contributed by atoms with Crippen molar-refractivity contribution < 1.29 is 8.81 Å². The highest BCUT2D eigenvalue weighted by Gasteiger charge is 2.12. The molecule has 0 unspecified atom stereocenters. The molecule has 0 radical (unpaired) electrons. The molecule has 2 aromatic heterocycles. The summed E-state index contributed by atoms with van der Waals surface area (Å²) in [6.07, 6.45) is 5.37. The molecule has 0 atom stereocenters. The molecule has 1 N–H and O–H groups in total. The Hall–Kier alpha value is -2.11. The lowest BCUT2D eigenvalue weighted by Gasteiger charge is -2.18. The van der Waals surface area contributed by atoms with Crippen molar-refractivity contribution >= 4 is 11.8 Å². The summed E-state index contributed by atoms with van der Waals surface area (Å²) in [5, 5.41) is 3.04. The largest absolute Gasteiger partial charge is 0.472 e. The second-order valence-corrected chi connectivity index (χ2v) is 4.28. The maximum Gasteiger partial charge on any atom is 0.224 e. The number of aromatic nitrogens is 2. The first-order chi connectivity index (χ1) is 9.20. The van der Waals surface area contributed by atoms with E-state index in [-0.39, 0.29) is 5.82 Å². The summed E-state index contributed by atoms with van der Waals surface area (Å²) in [6, 6.07) is 1.84. The van der Waals surface area contributed by atoms with E-state index in [1.54, 1.807) is 24.5 Å². The van der Waals surface area contributed by atoms with Crippen molar-refractivity contribution in [1.29, 1.82) is 0 Å². The smallest absolute Gasteiger partial charge is 0.224 e. The molecule has 0 aliphatic rings. The van der Waals surface area contributed by atoms with Gasteiger partial charge in [0.2, 0.25) is 5.95 Å². The Balaban J connectivity index is 2.13. The van der Waals surface area contributed by atoms with E-state index in [0.717, 1.165) is 18.5 Å². The van der Waals surface area contributed by atoms with E-state index in [9.17, 15) is 4.39 Å². The second-order valence-electron chi connectivity index (χ2n) is 4.28. The van der Waals surface area contributed by atoms with Gasteiger partial charge in [-0.1, -0.05) is 6.92 Å². The first kappa shape index (κ1) is 13.3. The highest BCUT2D eigenvalue weighted by molar-refractivity contribution is 5.43. The molecule has 0 fully saturated rings. The first-order valence-corrected chi connectivity index (χ1v) is 6.19. The molecular weight excluding hydrogens is 247 g/mol. The van der Waals surface area contributed by atoms with Gasteiger partial charge < -0.3 is 14.6 Å². The van der Waals surface area contributed by atoms with E-state index in [2.05, 4.69) is 15.3 Å². The predicted octanol–water partition coefficient (Wildman–Crippen LogP) is 2.67. The molecule has 0 saturated heterocycles. The Morgan fingerprint density at radius 1 is 1.47 bits per heavy atom. The maximum atomic E-state index is 13.8. The zero-order chi connectivity index (χ0) is 13.7. The van der Waals surface area contributed by atoms with Crippen LogP contribution in [-0.2, 0) is 6.54 Å². The third kappa shape index (κ3) is 3.43. The maximum absolute atomic E-state index is 13.8. The normalized spacial score (nSPS) is 10.5. The Morgan fingerprint density at radius 2 is 2.32 bits per heavy atom. The van der Waals surface area contributed by atoms with E-state index in [0.29, 0.717) is 12.5 Å². The molecule has 19 heavy (non-hydrogen) atoms. The molecule has 0 aliphatic heterocycles. The van der Waals surface area contributed by atoms with Crippen LogP contribution < -0.4 is 10.2 Å². The zero-order valence-corrected chi connectivity index (χ0v) is 11.1. The Kier molecular flexibility index (Phi) is 4.33. The minimum atomic E-state index is -0.437. The number of nitrogens with one attached hydrogen (secondary N) is 1. The van der Waals surface area contributed by atoms with Gasteiger partial charge in [-0.15, -0.1) is 0 Å². The van der Waals surface area contributed by atoms with E-state index >= 15 is 0 Å². The van der Waals surface area contributed by atoms with Gasteiger partial charge in [-0.25, -0.2) is 9.37 Å². The summed E-state index contributed by atoms with van der Waals surface area (Å²) < 4.78 is 18.7. The number of furan rings is 1. The fourth-order valence-electron chi connectivity index (χ4n) is 1.68. The van der Waals surface area contributed by atoms with Crippen LogP contribution in [0.2, 0.25) is 0 Å². The van der Waals surface area contributed by atoms with Crippen molar-refractivity contribution in [3.8, 4) is 0 Å². The van der Waals surface area contributed by atoms with Crippen LogP contribution in [0.15, 0.2) is 29.2 Å². The highest BCUT2D eigenvalue weighted by Crippen LogP contribution is 2.18. The molecule has 2 rings (SSSR count). The van der Waals surface area contributed by atoms with Crippen molar-refractivity contribution in [2.45, 2.75) is 19.9 Å². The Morgan fingerprint density at radius 3 is 3.00 bits per heavy atom. The van der Waals surface area contributed by atoms with Crippen LogP contribution >= 0.6 is 0 Å². The molecular formula is C13H17FN4O. The van der Waals surface area contributed by atoms with Crippen molar-refractivity contribution in [3.05, 3.63) is 36.2 Å². The lowest BCUT2D eigenvalue weighted by molar-refractivity contribution is 0.563.